The van der Waals surface area contributed by atoms with Crippen LogP contribution in [0.1, 0.15) is 67.2 Å². The van der Waals surface area contributed by atoms with E-state index in [0.29, 0.717) is 25.2 Å². The number of rotatable bonds is 5. The average molecular weight is 300 g/mol. The van der Waals surface area contributed by atoms with Crippen molar-refractivity contribution in [3.63, 3.8) is 0 Å². The van der Waals surface area contributed by atoms with Crippen LogP contribution < -0.4 is 10.6 Å². The Kier molecular flexibility index (Phi) is 4.46. The van der Waals surface area contributed by atoms with Gasteiger partial charge in [-0.15, -0.1) is 0 Å². The number of hydrogen-bond acceptors (Lipinski definition) is 2. The summed E-state index contributed by atoms with van der Waals surface area (Å²) in [6.07, 6.45) is 6.15. The maximum atomic E-state index is 12.1. The van der Waals surface area contributed by atoms with Crippen LogP contribution in [-0.2, 0) is 16.0 Å². The highest BCUT2D eigenvalue weighted by atomic mass is 16.2. The third kappa shape index (κ3) is 3.01. The third-order valence-corrected chi connectivity index (χ3v) is 4.95. The molecule has 0 fully saturated rings. The Labute approximate surface area is 131 Å². The molecule has 0 saturated carbocycles. The van der Waals surface area contributed by atoms with Crippen LogP contribution in [-0.4, -0.2) is 18.9 Å². The Morgan fingerprint density at radius 3 is 2.86 bits per heavy atom. The van der Waals surface area contributed by atoms with E-state index in [1.165, 1.54) is 36.0 Å². The fourth-order valence-electron chi connectivity index (χ4n) is 3.92. The Morgan fingerprint density at radius 2 is 2.05 bits per heavy atom. The summed E-state index contributed by atoms with van der Waals surface area (Å²) < 4.78 is 0. The van der Waals surface area contributed by atoms with Gasteiger partial charge in [-0.05, 0) is 54.7 Å². The number of amides is 2. The van der Waals surface area contributed by atoms with Crippen molar-refractivity contribution in [3.05, 3.63) is 34.9 Å². The molecule has 2 amide bonds. The molecule has 0 spiro atoms. The molecule has 0 unspecified atom stereocenters. The lowest BCUT2D eigenvalue weighted by Crippen LogP contribution is -2.27. The number of benzene rings is 1. The van der Waals surface area contributed by atoms with Gasteiger partial charge in [-0.3, -0.25) is 9.59 Å². The standard InChI is InChI=1S/C18H24N2O2/c1-19-16(21)9-4-10-17(22)20-15-11-13-7-2-5-12-6-3-8-14(15)18(12)13/h3,6,8,13,15H,2,4-5,7,9-11H2,1H3,(H,19,21)(H,20,22)/t13-,15-/m0/s1. The van der Waals surface area contributed by atoms with E-state index in [4.69, 9.17) is 0 Å². The van der Waals surface area contributed by atoms with Gasteiger partial charge in [-0.25, -0.2) is 0 Å². The highest BCUT2D eigenvalue weighted by molar-refractivity contribution is 5.79. The van der Waals surface area contributed by atoms with Gasteiger partial charge in [0.15, 0.2) is 0 Å². The molecule has 118 valence electrons. The van der Waals surface area contributed by atoms with Crippen LogP contribution in [0, 0.1) is 0 Å². The SMILES string of the molecule is CNC(=O)CCCC(=O)N[C@H]1C[C@@H]2CCCc3cccc1c32. The van der Waals surface area contributed by atoms with Crippen molar-refractivity contribution in [1.29, 1.82) is 0 Å². The van der Waals surface area contributed by atoms with Gasteiger partial charge in [0.25, 0.3) is 0 Å². The second-order valence-corrected chi connectivity index (χ2v) is 6.39. The van der Waals surface area contributed by atoms with Crippen LogP contribution >= 0.6 is 0 Å². The molecule has 1 aromatic rings. The van der Waals surface area contributed by atoms with Crippen molar-refractivity contribution >= 4 is 11.8 Å². The number of carbonyl (C=O) groups is 2. The summed E-state index contributed by atoms with van der Waals surface area (Å²) in [5.41, 5.74) is 4.30. The van der Waals surface area contributed by atoms with Crippen molar-refractivity contribution in [2.24, 2.45) is 0 Å². The number of carbonyl (C=O) groups excluding carboxylic acids is 2. The minimum atomic E-state index is -0.00499. The molecule has 0 aromatic heterocycles. The molecule has 22 heavy (non-hydrogen) atoms. The normalized spacial score (nSPS) is 22.0. The fraction of sp³-hybridized carbons (Fsp3) is 0.556. The maximum Gasteiger partial charge on any atom is 0.220 e. The maximum absolute atomic E-state index is 12.1. The van der Waals surface area contributed by atoms with E-state index in [2.05, 4.69) is 28.8 Å². The minimum absolute atomic E-state index is 0.00499. The molecule has 0 aliphatic heterocycles. The van der Waals surface area contributed by atoms with Gasteiger partial charge in [0, 0.05) is 19.9 Å². The predicted molar refractivity (Wildman–Crippen MR) is 85.5 cm³/mol. The summed E-state index contributed by atoms with van der Waals surface area (Å²) >= 11 is 0. The van der Waals surface area contributed by atoms with Crippen molar-refractivity contribution in [3.8, 4) is 0 Å². The molecule has 2 atom stereocenters. The van der Waals surface area contributed by atoms with Crippen LogP contribution in [0.25, 0.3) is 0 Å². The summed E-state index contributed by atoms with van der Waals surface area (Å²) in [6.45, 7) is 0. The van der Waals surface area contributed by atoms with Crippen LogP contribution in [0.2, 0.25) is 0 Å². The molecular weight excluding hydrogens is 276 g/mol. The number of aryl methyl sites for hydroxylation is 1. The largest absolute Gasteiger partial charge is 0.359 e. The Morgan fingerprint density at radius 1 is 1.23 bits per heavy atom. The second-order valence-electron chi connectivity index (χ2n) is 6.39. The van der Waals surface area contributed by atoms with Crippen molar-refractivity contribution in [1.82, 2.24) is 10.6 Å². The van der Waals surface area contributed by atoms with Gasteiger partial charge >= 0.3 is 0 Å². The molecule has 0 radical (unpaired) electrons. The summed E-state index contributed by atoms with van der Waals surface area (Å²) in [6, 6.07) is 6.68. The fourth-order valence-corrected chi connectivity index (χ4v) is 3.92. The molecule has 0 saturated heterocycles. The van der Waals surface area contributed by atoms with E-state index in [1.54, 1.807) is 7.05 Å². The first-order valence-electron chi connectivity index (χ1n) is 8.30. The zero-order valence-electron chi connectivity index (χ0n) is 13.2. The first-order valence-corrected chi connectivity index (χ1v) is 8.30. The minimum Gasteiger partial charge on any atom is -0.359 e. The average Bonchev–Trinajstić information content (AvgIpc) is 2.87. The van der Waals surface area contributed by atoms with Crippen molar-refractivity contribution in [2.45, 2.75) is 56.9 Å². The van der Waals surface area contributed by atoms with Gasteiger partial charge in [0.05, 0.1) is 6.04 Å². The monoisotopic (exact) mass is 300 g/mol. The molecule has 2 N–H and O–H groups in total. The Balaban J connectivity index is 1.60. The first kappa shape index (κ1) is 15.1. The van der Waals surface area contributed by atoms with Crippen molar-refractivity contribution < 1.29 is 9.59 Å². The van der Waals surface area contributed by atoms with Gasteiger partial charge in [-0.1, -0.05) is 18.2 Å². The zero-order valence-corrected chi connectivity index (χ0v) is 13.2. The predicted octanol–water partition coefficient (Wildman–Crippen LogP) is 2.58. The highest BCUT2D eigenvalue weighted by Gasteiger charge is 2.34. The lowest BCUT2D eigenvalue weighted by atomic mass is 9.84. The quantitative estimate of drug-likeness (QED) is 0.878. The van der Waals surface area contributed by atoms with Gasteiger partial charge in [-0.2, -0.15) is 0 Å². The number of hydrogen-bond donors (Lipinski definition) is 2. The van der Waals surface area contributed by atoms with E-state index in [9.17, 15) is 9.59 Å². The molecule has 0 heterocycles. The van der Waals surface area contributed by atoms with Gasteiger partial charge < -0.3 is 10.6 Å². The van der Waals surface area contributed by atoms with E-state index < -0.39 is 0 Å². The first-order chi connectivity index (χ1) is 10.7. The molecular formula is C18H24N2O2. The number of nitrogens with one attached hydrogen (secondary N) is 2. The molecule has 4 nitrogen and oxygen atoms in total. The third-order valence-electron chi connectivity index (χ3n) is 4.95. The van der Waals surface area contributed by atoms with E-state index in [-0.39, 0.29) is 17.9 Å². The highest BCUT2D eigenvalue weighted by Crippen LogP contribution is 2.47. The molecule has 3 rings (SSSR count). The van der Waals surface area contributed by atoms with E-state index in [0.717, 1.165) is 6.42 Å². The van der Waals surface area contributed by atoms with Gasteiger partial charge in [0.1, 0.15) is 0 Å². The zero-order chi connectivity index (χ0) is 15.5. The van der Waals surface area contributed by atoms with Crippen LogP contribution in [0.3, 0.4) is 0 Å². The second kappa shape index (κ2) is 6.51. The van der Waals surface area contributed by atoms with E-state index >= 15 is 0 Å². The Bertz CT molecular complexity index is 582. The smallest absolute Gasteiger partial charge is 0.220 e. The van der Waals surface area contributed by atoms with Crippen LogP contribution in [0.15, 0.2) is 18.2 Å². The summed E-state index contributed by atoms with van der Waals surface area (Å²) in [5, 5.41) is 5.76. The molecule has 1 aromatic carbocycles. The molecule has 4 heteroatoms. The van der Waals surface area contributed by atoms with Gasteiger partial charge in [0.2, 0.25) is 11.8 Å². The Hall–Kier alpha value is -1.84. The lowest BCUT2D eigenvalue weighted by Gasteiger charge is -2.20. The molecule has 2 aliphatic carbocycles. The topological polar surface area (TPSA) is 58.2 Å². The van der Waals surface area contributed by atoms with Crippen LogP contribution in [0.4, 0.5) is 0 Å². The molecule has 2 aliphatic rings. The summed E-state index contributed by atoms with van der Waals surface area (Å²) in [5.74, 6) is 0.677. The van der Waals surface area contributed by atoms with Crippen LogP contribution in [0.5, 0.6) is 0 Å². The molecule has 0 bridgehead atoms. The van der Waals surface area contributed by atoms with E-state index in [1.807, 2.05) is 0 Å². The summed E-state index contributed by atoms with van der Waals surface area (Å²) in [4.78, 5) is 23.3. The van der Waals surface area contributed by atoms with Crippen molar-refractivity contribution in [2.75, 3.05) is 7.05 Å². The lowest BCUT2D eigenvalue weighted by molar-refractivity contribution is -0.122. The summed E-state index contributed by atoms with van der Waals surface area (Å²) in [7, 11) is 1.62.